The molecule has 124 valence electrons. The Balaban J connectivity index is 1.40. The maximum absolute atomic E-state index is 10.2. The molecular formula is C15H26N4O3. The van der Waals surface area contributed by atoms with Crippen molar-refractivity contribution in [1.29, 1.82) is 0 Å². The standard InChI is InChI=1S/C15H26N4O3/c1-18(9-13(20)10-19-5-7-21-8-6-19)11-14-16-17-15(22-14)12-3-2-4-12/h12-13,20H,2-11H2,1H3. The van der Waals surface area contributed by atoms with Gasteiger partial charge >= 0.3 is 0 Å². The second-order valence-electron chi connectivity index (χ2n) is 6.43. The van der Waals surface area contributed by atoms with Gasteiger partial charge in [-0.05, 0) is 19.9 Å². The maximum Gasteiger partial charge on any atom is 0.230 e. The van der Waals surface area contributed by atoms with Crippen LogP contribution in [0.3, 0.4) is 0 Å². The molecule has 3 rings (SSSR count). The van der Waals surface area contributed by atoms with Crippen LogP contribution < -0.4 is 0 Å². The van der Waals surface area contributed by atoms with Crippen LogP contribution in [-0.2, 0) is 11.3 Å². The zero-order valence-electron chi connectivity index (χ0n) is 13.3. The summed E-state index contributed by atoms with van der Waals surface area (Å²) in [6.45, 7) is 5.18. The number of hydrogen-bond acceptors (Lipinski definition) is 7. The summed E-state index contributed by atoms with van der Waals surface area (Å²) in [5, 5.41) is 18.5. The van der Waals surface area contributed by atoms with Crippen LogP contribution in [-0.4, -0.2) is 77.6 Å². The van der Waals surface area contributed by atoms with E-state index in [4.69, 9.17) is 9.15 Å². The van der Waals surface area contributed by atoms with Crippen LogP contribution in [0.5, 0.6) is 0 Å². The molecular weight excluding hydrogens is 284 g/mol. The zero-order chi connectivity index (χ0) is 15.4. The van der Waals surface area contributed by atoms with Gasteiger partial charge in [0, 0.05) is 32.1 Å². The Morgan fingerprint density at radius 2 is 2.09 bits per heavy atom. The summed E-state index contributed by atoms with van der Waals surface area (Å²) in [6.07, 6.45) is 3.21. The van der Waals surface area contributed by atoms with E-state index in [1.807, 2.05) is 11.9 Å². The van der Waals surface area contributed by atoms with Gasteiger partial charge in [-0.25, -0.2) is 0 Å². The highest BCUT2D eigenvalue weighted by Crippen LogP contribution is 2.35. The molecule has 1 unspecified atom stereocenters. The molecule has 7 heteroatoms. The second-order valence-corrected chi connectivity index (χ2v) is 6.43. The Hall–Kier alpha value is -1.02. The van der Waals surface area contributed by atoms with Crippen LogP contribution in [0.15, 0.2) is 4.42 Å². The van der Waals surface area contributed by atoms with Gasteiger partial charge < -0.3 is 14.3 Å². The van der Waals surface area contributed by atoms with Crippen molar-refractivity contribution in [1.82, 2.24) is 20.0 Å². The van der Waals surface area contributed by atoms with Crippen LogP contribution in [0.1, 0.15) is 37.0 Å². The van der Waals surface area contributed by atoms with Gasteiger partial charge in [0.05, 0.1) is 25.9 Å². The molecule has 7 nitrogen and oxygen atoms in total. The Kier molecular flexibility index (Phi) is 5.41. The Morgan fingerprint density at radius 1 is 1.32 bits per heavy atom. The largest absolute Gasteiger partial charge is 0.424 e. The first kappa shape index (κ1) is 15.9. The predicted octanol–water partition coefficient (Wildman–Crippen LogP) is 0.462. The van der Waals surface area contributed by atoms with Crippen LogP contribution in [0.4, 0.5) is 0 Å². The minimum absolute atomic E-state index is 0.378. The summed E-state index contributed by atoms with van der Waals surface area (Å²) in [7, 11) is 1.97. The van der Waals surface area contributed by atoms with E-state index in [9.17, 15) is 5.11 Å². The van der Waals surface area contributed by atoms with Crippen molar-refractivity contribution in [3.8, 4) is 0 Å². The van der Waals surface area contributed by atoms with E-state index >= 15 is 0 Å². The Bertz CT molecular complexity index is 457. The normalized spacial score (nSPS) is 22.0. The monoisotopic (exact) mass is 310 g/mol. The second kappa shape index (κ2) is 7.50. The summed E-state index contributed by atoms with van der Waals surface area (Å²) in [5.74, 6) is 1.89. The maximum atomic E-state index is 10.2. The summed E-state index contributed by atoms with van der Waals surface area (Å²) in [4.78, 5) is 4.27. The molecule has 1 saturated carbocycles. The molecule has 0 bridgehead atoms. The minimum atomic E-state index is -0.378. The first-order chi connectivity index (χ1) is 10.7. The van der Waals surface area contributed by atoms with E-state index in [2.05, 4.69) is 15.1 Å². The zero-order valence-corrected chi connectivity index (χ0v) is 13.3. The number of β-amino-alcohol motifs (C(OH)–C–C–N with tert-alkyl or cyclic N) is 1. The average Bonchev–Trinajstić information content (AvgIpc) is 2.85. The number of morpholine rings is 1. The van der Waals surface area contributed by atoms with E-state index in [1.54, 1.807) is 0 Å². The molecule has 1 aromatic rings. The molecule has 1 saturated heterocycles. The molecule has 1 aromatic heterocycles. The Labute approximate surface area is 131 Å². The van der Waals surface area contributed by atoms with Crippen LogP contribution in [0.25, 0.3) is 0 Å². The van der Waals surface area contributed by atoms with E-state index in [1.165, 1.54) is 6.42 Å². The molecule has 1 aliphatic heterocycles. The third kappa shape index (κ3) is 4.25. The third-order valence-corrected chi connectivity index (χ3v) is 4.44. The fourth-order valence-corrected chi connectivity index (χ4v) is 2.95. The van der Waals surface area contributed by atoms with Crippen molar-refractivity contribution in [2.45, 2.75) is 37.8 Å². The molecule has 22 heavy (non-hydrogen) atoms. The first-order valence-corrected chi connectivity index (χ1v) is 8.19. The van der Waals surface area contributed by atoms with E-state index in [0.29, 0.717) is 31.4 Å². The quantitative estimate of drug-likeness (QED) is 0.784. The number of ether oxygens (including phenoxy) is 1. The summed E-state index contributed by atoms with van der Waals surface area (Å²) < 4.78 is 11.0. The molecule has 1 N–H and O–H groups in total. The van der Waals surface area contributed by atoms with E-state index in [-0.39, 0.29) is 6.10 Å². The van der Waals surface area contributed by atoms with E-state index in [0.717, 1.165) is 45.0 Å². The van der Waals surface area contributed by atoms with Crippen molar-refractivity contribution in [3.05, 3.63) is 11.8 Å². The summed E-state index contributed by atoms with van der Waals surface area (Å²) >= 11 is 0. The summed E-state index contributed by atoms with van der Waals surface area (Å²) in [6, 6.07) is 0. The van der Waals surface area contributed by atoms with Gasteiger partial charge in [0.2, 0.25) is 11.8 Å². The molecule has 0 aromatic carbocycles. The predicted molar refractivity (Wildman–Crippen MR) is 80.5 cm³/mol. The summed E-state index contributed by atoms with van der Waals surface area (Å²) in [5.41, 5.74) is 0. The molecule has 0 amide bonds. The molecule has 0 spiro atoms. The van der Waals surface area contributed by atoms with Crippen molar-refractivity contribution in [3.63, 3.8) is 0 Å². The fourth-order valence-electron chi connectivity index (χ4n) is 2.95. The molecule has 1 atom stereocenters. The molecule has 0 radical (unpaired) electrons. The lowest BCUT2D eigenvalue weighted by Gasteiger charge is -2.29. The SMILES string of the molecule is CN(Cc1nnc(C2CCC2)o1)CC(O)CN1CCOCC1. The molecule has 2 heterocycles. The van der Waals surface area contributed by atoms with Crippen molar-refractivity contribution in [2.75, 3.05) is 46.4 Å². The number of rotatable bonds is 7. The number of aliphatic hydroxyl groups is 1. The molecule has 1 aliphatic carbocycles. The Morgan fingerprint density at radius 3 is 2.77 bits per heavy atom. The number of aliphatic hydroxyl groups excluding tert-OH is 1. The van der Waals surface area contributed by atoms with Gasteiger partial charge in [0.25, 0.3) is 0 Å². The van der Waals surface area contributed by atoms with E-state index < -0.39 is 0 Å². The minimum Gasteiger partial charge on any atom is -0.424 e. The van der Waals surface area contributed by atoms with Crippen LogP contribution in [0.2, 0.25) is 0 Å². The lowest BCUT2D eigenvalue weighted by atomic mass is 9.85. The van der Waals surface area contributed by atoms with Gasteiger partial charge in [-0.1, -0.05) is 6.42 Å². The van der Waals surface area contributed by atoms with Gasteiger partial charge in [-0.15, -0.1) is 10.2 Å². The molecule has 2 fully saturated rings. The first-order valence-electron chi connectivity index (χ1n) is 8.19. The number of nitrogens with zero attached hydrogens (tertiary/aromatic N) is 4. The highest BCUT2D eigenvalue weighted by Gasteiger charge is 2.25. The topological polar surface area (TPSA) is 74.9 Å². The number of likely N-dealkylation sites (N-methyl/N-ethyl adjacent to an activating group) is 1. The fraction of sp³-hybridized carbons (Fsp3) is 0.867. The highest BCUT2D eigenvalue weighted by molar-refractivity contribution is 4.96. The van der Waals surface area contributed by atoms with Gasteiger partial charge in [-0.3, -0.25) is 9.80 Å². The lowest BCUT2D eigenvalue weighted by molar-refractivity contribution is 0.00779. The van der Waals surface area contributed by atoms with Crippen molar-refractivity contribution >= 4 is 0 Å². The average molecular weight is 310 g/mol. The van der Waals surface area contributed by atoms with Gasteiger partial charge in [-0.2, -0.15) is 0 Å². The number of hydrogen-bond donors (Lipinski definition) is 1. The third-order valence-electron chi connectivity index (χ3n) is 4.44. The van der Waals surface area contributed by atoms with Crippen molar-refractivity contribution < 1.29 is 14.3 Å². The van der Waals surface area contributed by atoms with Crippen molar-refractivity contribution in [2.24, 2.45) is 0 Å². The van der Waals surface area contributed by atoms with Gasteiger partial charge in [0.15, 0.2) is 0 Å². The number of aromatic nitrogens is 2. The highest BCUT2D eigenvalue weighted by atomic mass is 16.5. The van der Waals surface area contributed by atoms with Crippen LogP contribution >= 0.6 is 0 Å². The smallest absolute Gasteiger partial charge is 0.230 e. The van der Waals surface area contributed by atoms with Crippen LogP contribution in [0, 0.1) is 0 Å². The van der Waals surface area contributed by atoms with Gasteiger partial charge in [0.1, 0.15) is 0 Å². The molecule has 2 aliphatic rings. The lowest BCUT2D eigenvalue weighted by Crippen LogP contribution is -2.43.